The van der Waals surface area contributed by atoms with Crippen molar-refractivity contribution in [3.63, 3.8) is 0 Å². The molecule has 108 valence electrons. The Hall–Kier alpha value is -1.75. The third-order valence-electron chi connectivity index (χ3n) is 3.23. The average Bonchev–Trinajstić information content (AvgIpc) is 2.46. The molecule has 1 aliphatic heterocycles. The number of hydrogen-bond donors (Lipinski definition) is 1. The van der Waals surface area contributed by atoms with Gasteiger partial charge in [-0.15, -0.1) is 0 Å². The van der Waals surface area contributed by atoms with Crippen molar-refractivity contribution in [2.45, 2.75) is 19.3 Å². The van der Waals surface area contributed by atoms with Gasteiger partial charge in [0, 0.05) is 18.1 Å². The van der Waals surface area contributed by atoms with Crippen molar-refractivity contribution < 1.29 is 19.4 Å². The van der Waals surface area contributed by atoms with E-state index < -0.39 is 5.97 Å². The van der Waals surface area contributed by atoms with Gasteiger partial charge >= 0.3 is 5.97 Å². The van der Waals surface area contributed by atoms with Crippen molar-refractivity contribution in [2.75, 3.05) is 19.7 Å². The summed E-state index contributed by atoms with van der Waals surface area (Å²) in [6.45, 7) is 1.34. The summed E-state index contributed by atoms with van der Waals surface area (Å²) in [5.41, 5.74) is -0.0380. The second kappa shape index (κ2) is 6.61. The number of nitrogens with zero attached hydrogens (tertiary/aromatic N) is 1. The van der Waals surface area contributed by atoms with Crippen LogP contribution in [-0.4, -0.2) is 41.6 Å². The van der Waals surface area contributed by atoms with Crippen LogP contribution >= 0.6 is 11.6 Å². The third kappa shape index (κ3) is 3.63. The molecule has 2 rings (SSSR count). The fourth-order valence-electron chi connectivity index (χ4n) is 2.17. The number of amides is 1. The highest BCUT2D eigenvalue weighted by Gasteiger charge is 2.18. The largest absolute Gasteiger partial charge is 0.483 e. The predicted octanol–water partition coefficient (Wildman–Crippen LogP) is 2.43. The van der Waals surface area contributed by atoms with Gasteiger partial charge in [-0.1, -0.05) is 11.6 Å². The van der Waals surface area contributed by atoms with Gasteiger partial charge in [-0.25, -0.2) is 4.79 Å². The molecule has 1 amide bonds. The number of piperidine rings is 1. The maximum atomic E-state index is 11.9. The van der Waals surface area contributed by atoms with Crippen LogP contribution in [0.4, 0.5) is 0 Å². The number of halogens is 1. The van der Waals surface area contributed by atoms with Crippen molar-refractivity contribution in [2.24, 2.45) is 0 Å². The highest BCUT2D eigenvalue weighted by atomic mass is 35.5. The lowest BCUT2D eigenvalue weighted by molar-refractivity contribution is -0.134. The summed E-state index contributed by atoms with van der Waals surface area (Å²) in [5.74, 6) is -1.09. The van der Waals surface area contributed by atoms with Crippen LogP contribution in [0.2, 0.25) is 5.02 Å². The fraction of sp³-hybridized carbons (Fsp3) is 0.429. The van der Waals surface area contributed by atoms with E-state index in [2.05, 4.69) is 0 Å². The van der Waals surface area contributed by atoms with Crippen molar-refractivity contribution in [3.8, 4) is 5.75 Å². The average molecular weight is 298 g/mol. The van der Waals surface area contributed by atoms with Crippen LogP contribution in [-0.2, 0) is 4.79 Å². The van der Waals surface area contributed by atoms with E-state index in [0.717, 1.165) is 32.4 Å². The Balaban J connectivity index is 1.99. The number of aromatic carboxylic acids is 1. The molecular weight excluding hydrogens is 282 g/mol. The van der Waals surface area contributed by atoms with Gasteiger partial charge in [-0.2, -0.15) is 0 Å². The standard InChI is InChI=1S/C14H16ClNO4/c15-10-4-5-12(11(8-10)14(18)19)20-9-13(17)16-6-2-1-3-7-16/h4-5,8H,1-3,6-7,9H2,(H,18,19). The number of rotatable bonds is 4. The van der Waals surface area contributed by atoms with Gasteiger partial charge in [0.15, 0.2) is 6.61 Å². The molecule has 20 heavy (non-hydrogen) atoms. The minimum absolute atomic E-state index is 0.0380. The van der Waals surface area contributed by atoms with E-state index in [9.17, 15) is 9.59 Å². The quantitative estimate of drug-likeness (QED) is 0.927. The van der Waals surface area contributed by atoms with Crippen molar-refractivity contribution in [1.82, 2.24) is 4.90 Å². The molecular formula is C14H16ClNO4. The lowest BCUT2D eigenvalue weighted by Gasteiger charge is -2.26. The van der Waals surface area contributed by atoms with Gasteiger partial charge in [0.25, 0.3) is 5.91 Å². The number of carboxylic acids is 1. The number of carboxylic acid groups (broad SMARTS) is 1. The van der Waals surface area contributed by atoms with E-state index >= 15 is 0 Å². The van der Waals surface area contributed by atoms with Crippen LogP contribution in [0.25, 0.3) is 0 Å². The highest BCUT2D eigenvalue weighted by Crippen LogP contribution is 2.23. The van der Waals surface area contributed by atoms with Gasteiger partial charge in [0.2, 0.25) is 0 Å². The molecule has 6 heteroatoms. The van der Waals surface area contributed by atoms with E-state index in [1.165, 1.54) is 18.2 Å². The van der Waals surface area contributed by atoms with Crippen molar-refractivity contribution in [1.29, 1.82) is 0 Å². The van der Waals surface area contributed by atoms with Crippen LogP contribution in [0.15, 0.2) is 18.2 Å². The minimum Gasteiger partial charge on any atom is -0.483 e. The molecule has 1 aliphatic rings. The molecule has 0 aromatic heterocycles. The Morgan fingerprint density at radius 1 is 1.25 bits per heavy atom. The topological polar surface area (TPSA) is 66.8 Å². The molecule has 0 spiro atoms. The molecule has 1 aromatic rings. The molecule has 1 fully saturated rings. The molecule has 0 radical (unpaired) electrons. The molecule has 0 atom stereocenters. The van der Waals surface area contributed by atoms with Crippen LogP contribution in [0.3, 0.4) is 0 Å². The maximum Gasteiger partial charge on any atom is 0.339 e. The summed E-state index contributed by atoms with van der Waals surface area (Å²) in [6, 6.07) is 4.31. The number of likely N-dealkylation sites (tertiary alicyclic amines) is 1. The molecule has 0 aliphatic carbocycles. The van der Waals surface area contributed by atoms with Gasteiger partial charge in [-0.05, 0) is 37.5 Å². The lowest BCUT2D eigenvalue weighted by atomic mass is 10.1. The molecule has 1 aromatic carbocycles. The first-order valence-corrected chi connectivity index (χ1v) is 6.89. The molecule has 1 heterocycles. The third-order valence-corrected chi connectivity index (χ3v) is 3.47. The molecule has 0 saturated carbocycles. The summed E-state index contributed by atoms with van der Waals surface area (Å²) in [4.78, 5) is 24.8. The first-order valence-electron chi connectivity index (χ1n) is 6.51. The van der Waals surface area contributed by atoms with Crippen LogP contribution in [0.5, 0.6) is 5.75 Å². The molecule has 1 N–H and O–H groups in total. The summed E-state index contributed by atoms with van der Waals surface area (Å²) in [5, 5.41) is 9.39. The molecule has 0 unspecified atom stereocenters. The zero-order valence-electron chi connectivity index (χ0n) is 11.0. The summed E-state index contributed by atoms with van der Waals surface area (Å²) < 4.78 is 5.34. The molecule has 0 bridgehead atoms. The first-order chi connectivity index (χ1) is 9.58. The van der Waals surface area contributed by atoms with E-state index in [1.807, 2.05) is 0 Å². The molecule has 1 saturated heterocycles. The Kier molecular flexibility index (Phi) is 4.84. The van der Waals surface area contributed by atoms with Gasteiger partial charge in [0.1, 0.15) is 11.3 Å². The Morgan fingerprint density at radius 2 is 1.95 bits per heavy atom. The van der Waals surface area contributed by atoms with Crippen molar-refractivity contribution in [3.05, 3.63) is 28.8 Å². The fourth-order valence-corrected chi connectivity index (χ4v) is 2.34. The monoisotopic (exact) mass is 297 g/mol. The second-order valence-corrected chi connectivity index (χ2v) is 5.11. The summed E-state index contributed by atoms with van der Waals surface area (Å²) in [7, 11) is 0. The summed E-state index contributed by atoms with van der Waals surface area (Å²) in [6.07, 6.45) is 3.16. The van der Waals surface area contributed by atoms with E-state index in [4.69, 9.17) is 21.4 Å². The first kappa shape index (κ1) is 14.7. The SMILES string of the molecule is O=C(O)c1cc(Cl)ccc1OCC(=O)N1CCCCC1. The zero-order valence-corrected chi connectivity index (χ0v) is 11.7. The van der Waals surface area contributed by atoms with Crippen LogP contribution in [0, 0.1) is 0 Å². The number of hydrogen-bond acceptors (Lipinski definition) is 3. The van der Waals surface area contributed by atoms with E-state index in [-0.39, 0.29) is 23.8 Å². The summed E-state index contributed by atoms with van der Waals surface area (Å²) >= 11 is 5.75. The van der Waals surface area contributed by atoms with Crippen LogP contribution < -0.4 is 4.74 Å². The van der Waals surface area contributed by atoms with E-state index in [1.54, 1.807) is 4.90 Å². The maximum absolute atomic E-state index is 11.9. The van der Waals surface area contributed by atoms with Crippen LogP contribution in [0.1, 0.15) is 29.6 Å². The Labute approximate surface area is 122 Å². The predicted molar refractivity (Wildman–Crippen MR) is 74.3 cm³/mol. The highest BCUT2D eigenvalue weighted by molar-refractivity contribution is 6.31. The Bertz CT molecular complexity index is 512. The zero-order chi connectivity index (χ0) is 14.5. The van der Waals surface area contributed by atoms with Gasteiger partial charge < -0.3 is 14.7 Å². The number of ether oxygens (including phenoxy) is 1. The normalized spacial score (nSPS) is 14.9. The number of carbonyl (C=O) groups excluding carboxylic acids is 1. The smallest absolute Gasteiger partial charge is 0.339 e. The Morgan fingerprint density at radius 3 is 2.60 bits per heavy atom. The number of carbonyl (C=O) groups is 2. The van der Waals surface area contributed by atoms with Gasteiger partial charge in [0.05, 0.1) is 0 Å². The number of benzene rings is 1. The van der Waals surface area contributed by atoms with Gasteiger partial charge in [-0.3, -0.25) is 4.79 Å². The van der Waals surface area contributed by atoms with Crippen molar-refractivity contribution >= 4 is 23.5 Å². The minimum atomic E-state index is -1.13. The second-order valence-electron chi connectivity index (χ2n) is 4.68. The van der Waals surface area contributed by atoms with E-state index in [0.29, 0.717) is 5.02 Å². The lowest BCUT2D eigenvalue weighted by Crippen LogP contribution is -2.38. The molecule has 5 nitrogen and oxygen atoms in total.